The van der Waals surface area contributed by atoms with Gasteiger partial charge < -0.3 is 10.6 Å². The fourth-order valence-corrected chi connectivity index (χ4v) is 5.90. The van der Waals surface area contributed by atoms with Gasteiger partial charge in [0.25, 0.3) is 11.8 Å². The first kappa shape index (κ1) is 21.9. The highest BCUT2D eigenvalue weighted by atomic mass is 32.2. The molecule has 0 fully saturated rings. The number of benzene rings is 2. The van der Waals surface area contributed by atoms with Crippen molar-refractivity contribution in [1.82, 2.24) is 15.3 Å². The first-order valence-electron chi connectivity index (χ1n) is 9.97. The van der Waals surface area contributed by atoms with Crippen molar-refractivity contribution in [1.29, 1.82) is 0 Å². The molecule has 0 spiro atoms. The lowest BCUT2D eigenvalue weighted by atomic mass is 10.1. The minimum absolute atomic E-state index is 0.0383. The van der Waals surface area contributed by atoms with Crippen LogP contribution in [0.4, 0.5) is 10.1 Å². The van der Waals surface area contributed by atoms with Crippen LogP contribution in [0.3, 0.4) is 0 Å². The van der Waals surface area contributed by atoms with E-state index in [4.69, 9.17) is 0 Å². The molecule has 34 heavy (non-hydrogen) atoms. The molecule has 2 N–H and O–H groups in total. The van der Waals surface area contributed by atoms with Gasteiger partial charge in [0.2, 0.25) is 9.84 Å². The average Bonchev–Trinajstić information content (AvgIpc) is 3.29. The zero-order chi connectivity index (χ0) is 23.9. The van der Waals surface area contributed by atoms with E-state index in [1.165, 1.54) is 53.8 Å². The number of nitrogens with zero attached hydrogens (tertiary/aromatic N) is 2. The maximum absolute atomic E-state index is 13.1. The number of thiazole rings is 1. The van der Waals surface area contributed by atoms with Crippen LogP contribution in [0.25, 0.3) is 10.7 Å². The standard InChI is InChI=1S/C23H15FN4O4S2/c24-14-6-7-17(25-10-14)23-27-12-15(33-23)11-26-21(29)13-5-8-20-18(9-13)28-22(30)16-3-1-2-4-19(16)34(20,31)32/h1-10,12H,11H2,(H,26,29)(H,28,30). The topological polar surface area (TPSA) is 118 Å². The van der Waals surface area contributed by atoms with E-state index in [-0.39, 0.29) is 33.2 Å². The lowest BCUT2D eigenvalue weighted by Crippen LogP contribution is -2.22. The number of pyridine rings is 1. The van der Waals surface area contributed by atoms with Crippen LogP contribution in [0.5, 0.6) is 0 Å². The molecule has 8 nitrogen and oxygen atoms in total. The molecule has 5 rings (SSSR count). The lowest BCUT2D eigenvalue weighted by Gasteiger charge is -2.10. The molecular formula is C23H15FN4O4S2. The third-order valence-corrected chi connectivity index (χ3v) is 8.01. The average molecular weight is 495 g/mol. The van der Waals surface area contributed by atoms with Crippen molar-refractivity contribution in [3.05, 3.63) is 88.8 Å². The SMILES string of the molecule is O=C(NCc1cnc(-c2ccc(F)cn2)s1)c1ccc2c(c1)NC(=O)c1ccccc1S2(=O)=O. The molecule has 0 unspecified atom stereocenters. The normalized spacial score (nSPS) is 13.9. The Kier molecular flexibility index (Phi) is 5.42. The molecule has 0 radical (unpaired) electrons. The molecule has 3 heterocycles. The summed E-state index contributed by atoms with van der Waals surface area (Å²) < 4.78 is 39.2. The highest BCUT2D eigenvalue weighted by Gasteiger charge is 2.31. The molecule has 2 aromatic heterocycles. The quantitative estimate of drug-likeness (QED) is 0.447. The molecule has 1 aliphatic rings. The number of carbonyl (C=O) groups excluding carboxylic acids is 2. The van der Waals surface area contributed by atoms with Crippen LogP contribution in [0.1, 0.15) is 25.6 Å². The number of aromatic nitrogens is 2. The maximum atomic E-state index is 13.1. The van der Waals surface area contributed by atoms with Gasteiger partial charge in [0.1, 0.15) is 10.8 Å². The van der Waals surface area contributed by atoms with Crippen molar-refractivity contribution in [2.75, 3.05) is 5.32 Å². The van der Waals surface area contributed by atoms with E-state index in [9.17, 15) is 22.4 Å². The number of nitrogens with one attached hydrogen (secondary N) is 2. The maximum Gasteiger partial charge on any atom is 0.257 e. The van der Waals surface area contributed by atoms with Crippen LogP contribution in [-0.4, -0.2) is 30.2 Å². The summed E-state index contributed by atoms with van der Waals surface area (Å²) in [5.41, 5.74) is 0.787. The molecule has 0 saturated carbocycles. The van der Waals surface area contributed by atoms with E-state index in [2.05, 4.69) is 20.6 Å². The number of carbonyl (C=O) groups is 2. The second kappa shape index (κ2) is 8.43. The van der Waals surface area contributed by atoms with Crippen LogP contribution in [-0.2, 0) is 16.4 Å². The highest BCUT2D eigenvalue weighted by Crippen LogP contribution is 2.34. The Morgan fingerprint density at radius 1 is 1.03 bits per heavy atom. The fraction of sp³-hybridized carbons (Fsp3) is 0.0435. The van der Waals surface area contributed by atoms with Gasteiger partial charge >= 0.3 is 0 Å². The van der Waals surface area contributed by atoms with Crippen molar-refractivity contribution in [3.63, 3.8) is 0 Å². The Morgan fingerprint density at radius 3 is 2.65 bits per heavy atom. The predicted molar refractivity (Wildman–Crippen MR) is 123 cm³/mol. The van der Waals surface area contributed by atoms with Gasteiger partial charge in [-0.15, -0.1) is 11.3 Å². The monoisotopic (exact) mass is 494 g/mol. The highest BCUT2D eigenvalue weighted by molar-refractivity contribution is 7.91. The minimum Gasteiger partial charge on any atom is -0.347 e. The molecule has 0 bridgehead atoms. The first-order chi connectivity index (χ1) is 16.3. The molecule has 170 valence electrons. The molecular weight excluding hydrogens is 479 g/mol. The van der Waals surface area contributed by atoms with Crippen molar-refractivity contribution in [2.24, 2.45) is 0 Å². The zero-order valence-corrected chi connectivity index (χ0v) is 18.9. The van der Waals surface area contributed by atoms with Crippen LogP contribution < -0.4 is 10.6 Å². The molecule has 11 heteroatoms. The summed E-state index contributed by atoms with van der Waals surface area (Å²) in [5.74, 6) is -1.46. The van der Waals surface area contributed by atoms with E-state index in [1.54, 1.807) is 18.3 Å². The van der Waals surface area contributed by atoms with Crippen molar-refractivity contribution < 1.29 is 22.4 Å². The second-order valence-corrected chi connectivity index (χ2v) is 10.3. The Bertz CT molecular complexity index is 1550. The van der Waals surface area contributed by atoms with E-state index in [0.29, 0.717) is 10.7 Å². The van der Waals surface area contributed by atoms with E-state index >= 15 is 0 Å². The van der Waals surface area contributed by atoms with Crippen molar-refractivity contribution in [2.45, 2.75) is 16.3 Å². The Morgan fingerprint density at radius 2 is 1.85 bits per heavy atom. The predicted octanol–water partition coefficient (Wildman–Crippen LogP) is 3.67. The molecule has 2 amide bonds. The first-order valence-corrected chi connectivity index (χ1v) is 12.3. The smallest absolute Gasteiger partial charge is 0.257 e. The van der Waals surface area contributed by atoms with Gasteiger partial charge in [-0.05, 0) is 42.5 Å². The summed E-state index contributed by atoms with van der Waals surface area (Å²) in [4.78, 5) is 34.1. The van der Waals surface area contributed by atoms with Crippen LogP contribution >= 0.6 is 11.3 Å². The zero-order valence-electron chi connectivity index (χ0n) is 17.3. The van der Waals surface area contributed by atoms with Gasteiger partial charge in [-0.1, -0.05) is 12.1 Å². The number of anilines is 1. The minimum atomic E-state index is -3.95. The van der Waals surface area contributed by atoms with Gasteiger partial charge in [-0.3, -0.25) is 14.6 Å². The number of hydrogen-bond acceptors (Lipinski definition) is 7. The van der Waals surface area contributed by atoms with Gasteiger partial charge in [0.05, 0.1) is 39.5 Å². The van der Waals surface area contributed by atoms with Crippen LogP contribution in [0, 0.1) is 5.82 Å². The Labute approximate surface area is 197 Å². The third kappa shape index (κ3) is 3.95. The third-order valence-electron chi connectivity index (χ3n) is 5.12. The van der Waals surface area contributed by atoms with Gasteiger partial charge in [0, 0.05) is 16.6 Å². The number of sulfone groups is 1. The van der Waals surface area contributed by atoms with Crippen molar-refractivity contribution in [3.8, 4) is 10.7 Å². The van der Waals surface area contributed by atoms with Gasteiger partial charge in [0.15, 0.2) is 0 Å². The van der Waals surface area contributed by atoms with Gasteiger partial charge in [-0.25, -0.2) is 17.8 Å². The fourth-order valence-electron chi connectivity index (χ4n) is 3.48. The van der Waals surface area contributed by atoms with Crippen LogP contribution in [0.15, 0.2) is 76.8 Å². The summed E-state index contributed by atoms with van der Waals surface area (Å²) in [7, 11) is -3.95. The molecule has 4 aromatic rings. The molecule has 0 atom stereocenters. The summed E-state index contributed by atoms with van der Waals surface area (Å²) in [6.07, 6.45) is 2.69. The summed E-state index contributed by atoms with van der Waals surface area (Å²) in [6, 6.07) is 12.8. The van der Waals surface area contributed by atoms with Gasteiger partial charge in [-0.2, -0.15) is 0 Å². The number of halogens is 1. The lowest BCUT2D eigenvalue weighted by molar-refractivity contribution is 0.0949. The summed E-state index contributed by atoms with van der Waals surface area (Å²) in [6.45, 7) is 0.172. The molecule has 2 aromatic carbocycles. The van der Waals surface area contributed by atoms with Crippen molar-refractivity contribution >= 4 is 38.7 Å². The Hall–Kier alpha value is -3.96. The van der Waals surface area contributed by atoms with Crippen LogP contribution in [0.2, 0.25) is 0 Å². The van der Waals surface area contributed by atoms with E-state index in [1.807, 2.05) is 0 Å². The Balaban J connectivity index is 1.35. The van der Waals surface area contributed by atoms with E-state index in [0.717, 1.165) is 11.1 Å². The number of rotatable bonds is 4. The summed E-state index contributed by atoms with van der Waals surface area (Å²) in [5, 5.41) is 5.92. The van der Waals surface area contributed by atoms with E-state index < -0.39 is 27.5 Å². The second-order valence-electron chi connectivity index (χ2n) is 7.34. The number of hydrogen-bond donors (Lipinski definition) is 2. The summed E-state index contributed by atoms with van der Waals surface area (Å²) >= 11 is 1.30. The molecule has 0 saturated heterocycles. The number of fused-ring (bicyclic) bond motifs is 2. The largest absolute Gasteiger partial charge is 0.347 e. The molecule has 0 aliphatic carbocycles. The number of amides is 2. The molecule has 1 aliphatic heterocycles.